The molecule has 0 bridgehead atoms. The first-order valence-corrected chi connectivity index (χ1v) is 6.26. The highest BCUT2D eigenvalue weighted by atomic mass is 16.5. The van der Waals surface area contributed by atoms with Crippen molar-refractivity contribution in [2.75, 3.05) is 6.61 Å². The maximum Gasteiger partial charge on any atom is 0.0877 e. The van der Waals surface area contributed by atoms with Gasteiger partial charge in [-0.15, -0.1) is 0 Å². The fourth-order valence-electron chi connectivity index (χ4n) is 2.45. The van der Waals surface area contributed by atoms with Crippen LogP contribution >= 0.6 is 0 Å². The van der Waals surface area contributed by atoms with Gasteiger partial charge in [0, 0.05) is 19.4 Å². The number of hydrogen-bond acceptors (Lipinski definition) is 3. The van der Waals surface area contributed by atoms with Crippen LogP contribution in [0.25, 0.3) is 0 Å². The molecule has 3 atom stereocenters. The van der Waals surface area contributed by atoms with E-state index in [2.05, 4.69) is 13.0 Å². The number of rotatable bonds is 4. The van der Waals surface area contributed by atoms with E-state index in [1.165, 1.54) is 0 Å². The molecule has 3 heteroatoms. The molecule has 0 aromatic carbocycles. The molecule has 1 heterocycles. The van der Waals surface area contributed by atoms with Crippen LogP contribution in [-0.2, 0) is 4.74 Å². The van der Waals surface area contributed by atoms with E-state index in [4.69, 9.17) is 4.74 Å². The predicted molar refractivity (Wildman–Crippen MR) is 62.8 cm³/mol. The van der Waals surface area contributed by atoms with E-state index in [1.807, 2.05) is 13.8 Å². The molecule has 1 saturated heterocycles. The molecule has 0 spiro atoms. The largest absolute Gasteiger partial charge is 0.388 e. The third-order valence-corrected chi connectivity index (χ3v) is 4.03. The second-order valence-electron chi connectivity index (χ2n) is 5.06. The zero-order valence-electron chi connectivity index (χ0n) is 10.6. The normalized spacial score (nSPS) is 34.1. The van der Waals surface area contributed by atoms with E-state index in [0.717, 1.165) is 12.8 Å². The molecule has 1 fully saturated rings. The summed E-state index contributed by atoms with van der Waals surface area (Å²) in [5.74, 6) is 0. The summed E-state index contributed by atoms with van der Waals surface area (Å²) in [4.78, 5) is 0. The molecule has 0 amide bonds. The average molecular weight is 225 g/mol. The van der Waals surface area contributed by atoms with Crippen LogP contribution in [0.3, 0.4) is 0 Å². The predicted octanol–water partition coefficient (Wildman–Crippen LogP) is 2.64. The van der Waals surface area contributed by atoms with Crippen LogP contribution in [0.4, 0.5) is 0 Å². The molecule has 0 saturated carbocycles. The molecule has 92 valence electrons. The van der Waals surface area contributed by atoms with Gasteiger partial charge in [0.1, 0.15) is 0 Å². The van der Waals surface area contributed by atoms with Crippen molar-refractivity contribution >= 4 is 0 Å². The summed E-state index contributed by atoms with van der Waals surface area (Å²) < 4.78 is 5.63. The highest BCUT2D eigenvalue weighted by Crippen LogP contribution is 2.43. The summed E-state index contributed by atoms with van der Waals surface area (Å²) in [7, 11) is 0. The summed E-state index contributed by atoms with van der Waals surface area (Å²) in [5.41, 5.74) is -1.53. The Kier molecular flexibility index (Phi) is 4.35. The van der Waals surface area contributed by atoms with Crippen molar-refractivity contribution < 1.29 is 9.84 Å². The Morgan fingerprint density at radius 2 is 2.25 bits per heavy atom. The summed E-state index contributed by atoms with van der Waals surface area (Å²) in [6.07, 6.45) is 3.98. The lowest BCUT2D eigenvalue weighted by molar-refractivity contribution is -0.149. The minimum atomic E-state index is -0.880. The molecule has 1 aliphatic rings. The molecule has 1 N–H and O–H groups in total. The molecular weight excluding hydrogens is 202 g/mol. The third-order valence-electron chi connectivity index (χ3n) is 4.03. The Bertz CT molecular complexity index is 272. The standard InChI is InChI=1S/C13H23NO2/c1-4-6-11-9-13(15,7-8-16-11)12(3,5-2)10-14/h11,15H,4-9H2,1-3H3. The molecular formula is C13H23NO2. The molecule has 0 radical (unpaired) electrons. The number of nitrogens with zero attached hydrogens (tertiary/aromatic N) is 1. The summed E-state index contributed by atoms with van der Waals surface area (Å²) in [6.45, 7) is 6.51. The van der Waals surface area contributed by atoms with E-state index in [-0.39, 0.29) is 6.10 Å². The second kappa shape index (κ2) is 5.16. The van der Waals surface area contributed by atoms with Crippen molar-refractivity contribution in [3.63, 3.8) is 0 Å². The summed E-state index contributed by atoms with van der Waals surface area (Å²) in [6, 6.07) is 2.30. The zero-order valence-corrected chi connectivity index (χ0v) is 10.6. The van der Waals surface area contributed by atoms with Gasteiger partial charge >= 0.3 is 0 Å². The Balaban J connectivity index is 2.80. The Labute approximate surface area is 98.4 Å². The number of hydrogen-bond donors (Lipinski definition) is 1. The SMILES string of the molecule is CCCC1CC(O)(C(C)(C#N)CC)CCO1. The monoisotopic (exact) mass is 225 g/mol. The maximum atomic E-state index is 10.7. The van der Waals surface area contributed by atoms with E-state index >= 15 is 0 Å². The van der Waals surface area contributed by atoms with E-state index in [9.17, 15) is 10.4 Å². The van der Waals surface area contributed by atoms with Gasteiger partial charge < -0.3 is 9.84 Å². The second-order valence-corrected chi connectivity index (χ2v) is 5.06. The summed E-state index contributed by atoms with van der Waals surface area (Å²) in [5, 5.41) is 20.0. The summed E-state index contributed by atoms with van der Waals surface area (Å²) >= 11 is 0. The first kappa shape index (κ1) is 13.5. The average Bonchev–Trinajstić information content (AvgIpc) is 2.28. The van der Waals surface area contributed by atoms with Gasteiger partial charge in [0.2, 0.25) is 0 Å². The van der Waals surface area contributed by atoms with Crippen LogP contribution in [0.5, 0.6) is 0 Å². The smallest absolute Gasteiger partial charge is 0.0877 e. The van der Waals surface area contributed by atoms with Crippen molar-refractivity contribution in [1.82, 2.24) is 0 Å². The van der Waals surface area contributed by atoms with Crippen LogP contribution in [0.15, 0.2) is 0 Å². The van der Waals surface area contributed by atoms with E-state index < -0.39 is 11.0 Å². The highest BCUT2D eigenvalue weighted by molar-refractivity contribution is 5.10. The molecule has 1 aliphatic heterocycles. The molecule has 3 unspecified atom stereocenters. The first-order valence-electron chi connectivity index (χ1n) is 6.26. The molecule has 0 aromatic heterocycles. The van der Waals surface area contributed by atoms with E-state index in [0.29, 0.717) is 25.9 Å². The maximum absolute atomic E-state index is 10.7. The van der Waals surface area contributed by atoms with Gasteiger partial charge in [0.05, 0.1) is 23.2 Å². The number of aliphatic hydroxyl groups is 1. The number of ether oxygens (including phenoxy) is 1. The van der Waals surface area contributed by atoms with Crippen LogP contribution in [0, 0.1) is 16.7 Å². The van der Waals surface area contributed by atoms with Crippen molar-refractivity contribution in [3.8, 4) is 6.07 Å². The number of nitriles is 1. The van der Waals surface area contributed by atoms with Crippen LogP contribution < -0.4 is 0 Å². The van der Waals surface area contributed by atoms with Gasteiger partial charge in [0.15, 0.2) is 0 Å². The molecule has 16 heavy (non-hydrogen) atoms. The molecule has 0 aromatic rings. The van der Waals surface area contributed by atoms with Gasteiger partial charge in [0.25, 0.3) is 0 Å². The Hall–Kier alpha value is -0.590. The lowest BCUT2D eigenvalue weighted by Gasteiger charge is -2.45. The van der Waals surface area contributed by atoms with Crippen LogP contribution in [0.2, 0.25) is 0 Å². The van der Waals surface area contributed by atoms with E-state index in [1.54, 1.807) is 0 Å². The minimum absolute atomic E-state index is 0.114. The lowest BCUT2D eigenvalue weighted by atomic mass is 9.67. The fraction of sp³-hybridized carbons (Fsp3) is 0.923. The van der Waals surface area contributed by atoms with Gasteiger partial charge in [-0.3, -0.25) is 0 Å². The highest BCUT2D eigenvalue weighted by Gasteiger charge is 2.49. The van der Waals surface area contributed by atoms with Gasteiger partial charge in [-0.05, 0) is 19.8 Å². The van der Waals surface area contributed by atoms with Crippen LogP contribution in [0.1, 0.15) is 52.9 Å². The van der Waals surface area contributed by atoms with Gasteiger partial charge in [-0.25, -0.2) is 0 Å². The quantitative estimate of drug-likeness (QED) is 0.800. The molecule has 0 aliphatic carbocycles. The van der Waals surface area contributed by atoms with Gasteiger partial charge in [-0.1, -0.05) is 20.3 Å². The fourth-order valence-corrected chi connectivity index (χ4v) is 2.45. The molecule has 1 rings (SSSR count). The zero-order chi connectivity index (χ0) is 12.2. The van der Waals surface area contributed by atoms with Crippen molar-refractivity contribution in [1.29, 1.82) is 5.26 Å². The van der Waals surface area contributed by atoms with Gasteiger partial charge in [-0.2, -0.15) is 5.26 Å². The minimum Gasteiger partial charge on any atom is -0.388 e. The Morgan fingerprint density at radius 3 is 2.75 bits per heavy atom. The first-order chi connectivity index (χ1) is 7.51. The molecule has 3 nitrogen and oxygen atoms in total. The Morgan fingerprint density at radius 1 is 1.56 bits per heavy atom. The topological polar surface area (TPSA) is 53.2 Å². The van der Waals surface area contributed by atoms with Crippen LogP contribution in [-0.4, -0.2) is 23.4 Å². The van der Waals surface area contributed by atoms with Crippen molar-refractivity contribution in [2.45, 2.75) is 64.6 Å². The van der Waals surface area contributed by atoms with Crippen molar-refractivity contribution in [2.24, 2.45) is 5.41 Å². The van der Waals surface area contributed by atoms with Crippen molar-refractivity contribution in [3.05, 3.63) is 0 Å². The lowest BCUT2D eigenvalue weighted by Crippen LogP contribution is -2.51. The third kappa shape index (κ3) is 2.39.